The molecule has 0 aliphatic rings. The molecule has 5 nitrogen and oxygen atoms in total. The van der Waals surface area contributed by atoms with E-state index in [0.29, 0.717) is 41.3 Å². The Morgan fingerprint density at radius 3 is 2.45 bits per heavy atom. The average Bonchev–Trinajstić information content (AvgIpc) is 3.23. The monoisotopic (exact) mass is 406 g/mol. The molecule has 146 valence electrons. The Morgan fingerprint density at radius 1 is 0.862 bits per heavy atom. The van der Waals surface area contributed by atoms with Crippen molar-refractivity contribution in [2.45, 2.75) is 13.0 Å². The molecule has 0 N–H and O–H groups in total. The largest absolute Gasteiger partial charge is 0.493 e. The van der Waals surface area contributed by atoms with E-state index in [1.807, 2.05) is 72.8 Å². The smallest absolute Gasteiger partial charge is 0.247 e. The summed E-state index contributed by atoms with van der Waals surface area (Å²) in [6.45, 7) is 0.403. The first-order valence-corrected chi connectivity index (χ1v) is 9.51. The van der Waals surface area contributed by atoms with Gasteiger partial charge in [0.15, 0.2) is 11.5 Å². The second-order valence-electron chi connectivity index (χ2n) is 6.44. The van der Waals surface area contributed by atoms with E-state index in [4.69, 9.17) is 25.5 Å². The summed E-state index contributed by atoms with van der Waals surface area (Å²) in [4.78, 5) is 0. The van der Waals surface area contributed by atoms with Gasteiger partial charge in [0.25, 0.3) is 0 Å². The van der Waals surface area contributed by atoms with Gasteiger partial charge in [-0.05, 0) is 47.5 Å². The van der Waals surface area contributed by atoms with E-state index in [0.717, 1.165) is 16.7 Å². The predicted octanol–water partition coefficient (Wildman–Crippen LogP) is 5.57. The lowest BCUT2D eigenvalue weighted by atomic mass is 10.1. The molecule has 0 unspecified atom stereocenters. The van der Waals surface area contributed by atoms with Crippen LogP contribution >= 0.6 is 11.6 Å². The highest BCUT2D eigenvalue weighted by atomic mass is 35.5. The highest BCUT2D eigenvalue weighted by molar-refractivity contribution is 6.30. The molecule has 0 spiro atoms. The predicted molar refractivity (Wildman–Crippen MR) is 111 cm³/mol. The summed E-state index contributed by atoms with van der Waals surface area (Å²) in [6, 6.07) is 23.0. The molecule has 29 heavy (non-hydrogen) atoms. The van der Waals surface area contributed by atoms with Gasteiger partial charge in [-0.3, -0.25) is 0 Å². The van der Waals surface area contributed by atoms with Crippen LogP contribution in [0.1, 0.15) is 17.0 Å². The molecule has 0 amide bonds. The van der Waals surface area contributed by atoms with E-state index < -0.39 is 0 Å². The summed E-state index contributed by atoms with van der Waals surface area (Å²) in [5.41, 5.74) is 2.90. The van der Waals surface area contributed by atoms with Crippen LogP contribution in [0.3, 0.4) is 0 Å². The first kappa shape index (κ1) is 19.0. The number of para-hydroxylation sites is 2. The fraction of sp³-hybridized carbons (Fsp3) is 0.130. The van der Waals surface area contributed by atoms with Crippen LogP contribution in [-0.2, 0) is 13.0 Å². The van der Waals surface area contributed by atoms with Crippen molar-refractivity contribution in [2.24, 2.45) is 0 Å². The van der Waals surface area contributed by atoms with Crippen molar-refractivity contribution in [2.75, 3.05) is 7.11 Å². The minimum absolute atomic E-state index is 0.403. The van der Waals surface area contributed by atoms with Crippen molar-refractivity contribution in [3.8, 4) is 23.0 Å². The van der Waals surface area contributed by atoms with Crippen LogP contribution in [0.15, 0.2) is 77.2 Å². The van der Waals surface area contributed by atoms with Gasteiger partial charge in [-0.15, -0.1) is 10.2 Å². The lowest BCUT2D eigenvalue weighted by molar-refractivity contribution is 0.284. The third kappa shape index (κ3) is 4.76. The average molecular weight is 407 g/mol. The minimum Gasteiger partial charge on any atom is -0.493 e. The molecule has 6 heteroatoms. The first-order chi connectivity index (χ1) is 14.2. The van der Waals surface area contributed by atoms with E-state index in [9.17, 15) is 0 Å². The number of hydrogen-bond donors (Lipinski definition) is 0. The maximum absolute atomic E-state index is 5.93. The maximum Gasteiger partial charge on any atom is 0.247 e. The molecule has 0 radical (unpaired) electrons. The fourth-order valence-electron chi connectivity index (χ4n) is 2.91. The molecule has 0 saturated heterocycles. The van der Waals surface area contributed by atoms with Crippen LogP contribution in [0.2, 0.25) is 5.02 Å². The SMILES string of the molecule is COc1ccccc1OCc1cccc(-c2nnc(Cc3ccc(Cl)cc3)o2)c1. The van der Waals surface area contributed by atoms with E-state index in [1.165, 1.54) is 0 Å². The van der Waals surface area contributed by atoms with Gasteiger partial charge in [-0.25, -0.2) is 0 Å². The second kappa shape index (κ2) is 8.80. The third-order valence-electron chi connectivity index (χ3n) is 4.37. The molecular formula is C23H19ClN2O3. The number of rotatable bonds is 7. The Kier molecular flexibility index (Phi) is 5.77. The Morgan fingerprint density at radius 2 is 1.66 bits per heavy atom. The van der Waals surface area contributed by atoms with Crippen molar-refractivity contribution in [1.82, 2.24) is 10.2 Å². The van der Waals surface area contributed by atoms with Gasteiger partial charge in [0.1, 0.15) is 6.61 Å². The Bertz CT molecular complexity index is 1090. The maximum atomic E-state index is 5.93. The summed E-state index contributed by atoms with van der Waals surface area (Å²) in [5, 5.41) is 9.04. The zero-order valence-electron chi connectivity index (χ0n) is 15.8. The van der Waals surface area contributed by atoms with Crippen LogP contribution < -0.4 is 9.47 Å². The van der Waals surface area contributed by atoms with Crippen molar-refractivity contribution in [3.63, 3.8) is 0 Å². The van der Waals surface area contributed by atoms with Gasteiger partial charge >= 0.3 is 0 Å². The number of methoxy groups -OCH3 is 1. The number of hydrogen-bond acceptors (Lipinski definition) is 5. The quantitative estimate of drug-likeness (QED) is 0.401. The minimum atomic E-state index is 0.403. The van der Waals surface area contributed by atoms with Gasteiger partial charge in [0, 0.05) is 10.6 Å². The van der Waals surface area contributed by atoms with Gasteiger partial charge in [0.05, 0.1) is 13.5 Å². The lowest BCUT2D eigenvalue weighted by Crippen LogP contribution is -1.97. The molecule has 1 aromatic heterocycles. The number of ether oxygens (including phenoxy) is 2. The van der Waals surface area contributed by atoms with Gasteiger partial charge in [-0.1, -0.05) is 48.0 Å². The molecule has 1 heterocycles. The summed E-state index contributed by atoms with van der Waals surface area (Å²) < 4.78 is 17.1. The topological polar surface area (TPSA) is 57.4 Å². The van der Waals surface area contributed by atoms with E-state index in [2.05, 4.69) is 10.2 Å². The number of aromatic nitrogens is 2. The molecule has 0 atom stereocenters. The van der Waals surface area contributed by atoms with Crippen LogP contribution in [0.5, 0.6) is 11.5 Å². The highest BCUT2D eigenvalue weighted by Gasteiger charge is 2.11. The molecule has 0 saturated carbocycles. The van der Waals surface area contributed by atoms with Crippen molar-refractivity contribution < 1.29 is 13.9 Å². The van der Waals surface area contributed by atoms with E-state index >= 15 is 0 Å². The summed E-state index contributed by atoms with van der Waals surface area (Å²) >= 11 is 5.93. The van der Waals surface area contributed by atoms with Gasteiger partial charge < -0.3 is 13.9 Å². The molecule has 0 aliphatic heterocycles. The van der Waals surface area contributed by atoms with Crippen molar-refractivity contribution >= 4 is 11.6 Å². The number of benzene rings is 3. The lowest BCUT2D eigenvalue weighted by Gasteiger charge is -2.10. The Balaban J connectivity index is 1.46. The van der Waals surface area contributed by atoms with Crippen LogP contribution in [0.25, 0.3) is 11.5 Å². The first-order valence-electron chi connectivity index (χ1n) is 9.13. The standard InChI is InChI=1S/C23H19ClN2O3/c1-27-20-7-2-3-8-21(20)28-15-17-5-4-6-18(13-17)23-26-25-22(29-23)14-16-9-11-19(24)12-10-16/h2-13H,14-15H2,1H3. The molecule has 4 rings (SSSR count). The Hall–Kier alpha value is -3.31. The van der Waals surface area contributed by atoms with Crippen LogP contribution in [0.4, 0.5) is 0 Å². The number of halogens is 1. The number of nitrogens with zero attached hydrogens (tertiary/aromatic N) is 2. The summed E-state index contributed by atoms with van der Waals surface area (Å²) in [5.74, 6) is 2.43. The zero-order chi connectivity index (χ0) is 20.1. The normalized spacial score (nSPS) is 10.7. The fourth-order valence-corrected chi connectivity index (χ4v) is 3.04. The van der Waals surface area contributed by atoms with E-state index in [1.54, 1.807) is 7.11 Å². The van der Waals surface area contributed by atoms with Gasteiger partial charge in [0.2, 0.25) is 11.8 Å². The molecule has 0 fully saturated rings. The summed E-state index contributed by atoms with van der Waals surface area (Å²) in [6.07, 6.45) is 0.556. The molecular weight excluding hydrogens is 388 g/mol. The van der Waals surface area contributed by atoms with Gasteiger partial charge in [-0.2, -0.15) is 0 Å². The summed E-state index contributed by atoms with van der Waals surface area (Å²) in [7, 11) is 1.63. The third-order valence-corrected chi connectivity index (χ3v) is 4.62. The second-order valence-corrected chi connectivity index (χ2v) is 6.88. The van der Waals surface area contributed by atoms with Crippen molar-refractivity contribution in [1.29, 1.82) is 0 Å². The molecule has 0 bridgehead atoms. The van der Waals surface area contributed by atoms with E-state index in [-0.39, 0.29) is 0 Å². The van der Waals surface area contributed by atoms with Crippen molar-refractivity contribution in [3.05, 3.63) is 94.8 Å². The Labute approximate surface area is 173 Å². The molecule has 3 aromatic carbocycles. The highest BCUT2D eigenvalue weighted by Crippen LogP contribution is 2.27. The van der Waals surface area contributed by atoms with Crippen LogP contribution in [0, 0.1) is 0 Å². The zero-order valence-corrected chi connectivity index (χ0v) is 16.6. The van der Waals surface area contributed by atoms with Crippen LogP contribution in [-0.4, -0.2) is 17.3 Å². The molecule has 4 aromatic rings. The molecule has 0 aliphatic carbocycles.